The first-order valence-electron chi connectivity index (χ1n) is 6.87. The van der Waals surface area contributed by atoms with Gasteiger partial charge >= 0.3 is 0 Å². The first-order chi connectivity index (χ1) is 10.1. The Hall–Kier alpha value is -1.72. The first-order valence-corrected chi connectivity index (χ1v) is 7.69. The summed E-state index contributed by atoms with van der Waals surface area (Å²) in [5, 5.41) is 11.7. The molecule has 2 N–H and O–H groups in total. The van der Waals surface area contributed by atoms with Crippen LogP contribution in [0.5, 0.6) is 0 Å². The van der Waals surface area contributed by atoms with Gasteiger partial charge in [-0.05, 0) is 49.6 Å². The van der Waals surface area contributed by atoms with Crippen LogP contribution < -0.4 is 5.32 Å². The molecule has 1 aromatic heterocycles. The molecule has 2 aromatic rings. The lowest BCUT2D eigenvalue weighted by atomic mass is 10.2. The van der Waals surface area contributed by atoms with Crippen molar-refractivity contribution in [2.75, 3.05) is 6.61 Å². The van der Waals surface area contributed by atoms with Crippen molar-refractivity contribution in [3.05, 3.63) is 47.1 Å². The minimum atomic E-state index is -0.272. The van der Waals surface area contributed by atoms with Crippen molar-refractivity contribution in [3.8, 4) is 10.4 Å². The molecule has 1 aromatic carbocycles. The summed E-state index contributed by atoms with van der Waals surface area (Å²) in [6, 6.07) is 9.89. The zero-order valence-electron chi connectivity index (χ0n) is 11.8. The maximum atomic E-state index is 12.9. The molecule has 0 saturated carbocycles. The van der Waals surface area contributed by atoms with Crippen molar-refractivity contribution in [3.63, 3.8) is 0 Å². The maximum Gasteiger partial charge on any atom is 0.261 e. The second-order valence-electron chi connectivity index (χ2n) is 4.91. The highest BCUT2D eigenvalue weighted by atomic mass is 32.1. The van der Waals surface area contributed by atoms with Crippen LogP contribution in [0.15, 0.2) is 36.4 Å². The number of benzene rings is 1. The fraction of sp³-hybridized carbons (Fsp3) is 0.312. The van der Waals surface area contributed by atoms with Crippen LogP contribution in [-0.4, -0.2) is 23.7 Å². The smallest absolute Gasteiger partial charge is 0.261 e. The average molecular weight is 307 g/mol. The van der Waals surface area contributed by atoms with Crippen LogP contribution in [0, 0.1) is 5.82 Å². The zero-order chi connectivity index (χ0) is 15.2. The van der Waals surface area contributed by atoms with Crippen LogP contribution in [0.2, 0.25) is 0 Å². The largest absolute Gasteiger partial charge is 0.396 e. The predicted molar refractivity (Wildman–Crippen MR) is 83.0 cm³/mol. The van der Waals surface area contributed by atoms with Crippen LogP contribution in [-0.2, 0) is 0 Å². The van der Waals surface area contributed by atoms with E-state index in [4.69, 9.17) is 5.11 Å². The predicted octanol–water partition coefficient (Wildman–Crippen LogP) is 3.45. The van der Waals surface area contributed by atoms with E-state index in [-0.39, 0.29) is 24.4 Å². The summed E-state index contributed by atoms with van der Waals surface area (Å²) in [5.41, 5.74) is 0.897. The van der Waals surface area contributed by atoms with E-state index in [9.17, 15) is 9.18 Å². The number of aliphatic hydroxyl groups excluding tert-OH is 1. The number of aliphatic hydroxyl groups is 1. The molecular weight excluding hydrogens is 289 g/mol. The minimum Gasteiger partial charge on any atom is -0.396 e. The van der Waals surface area contributed by atoms with E-state index in [1.807, 2.05) is 13.0 Å². The number of amides is 1. The van der Waals surface area contributed by atoms with Gasteiger partial charge in [0.2, 0.25) is 0 Å². The van der Waals surface area contributed by atoms with Gasteiger partial charge in [-0.1, -0.05) is 12.1 Å². The molecule has 2 rings (SSSR count). The fourth-order valence-corrected chi connectivity index (χ4v) is 2.91. The molecule has 0 aliphatic heterocycles. The van der Waals surface area contributed by atoms with Gasteiger partial charge in [0, 0.05) is 17.5 Å². The topological polar surface area (TPSA) is 49.3 Å². The highest BCUT2D eigenvalue weighted by Crippen LogP contribution is 2.28. The molecule has 0 aliphatic rings. The Bertz CT molecular complexity index is 595. The molecule has 1 amide bonds. The molecule has 3 nitrogen and oxygen atoms in total. The summed E-state index contributed by atoms with van der Waals surface area (Å²) < 4.78 is 12.9. The summed E-state index contributed by atoms with van der Waals surface area (Å²) in [6.45, 7) is 2.05. The van der Waals surface area contributed by atoms with E-state index in [2.05, 4.69) is 5.32 Å². The third-order valence-electron chi connectivity index (χ3n) is 3.13. The van der Waals surface area contributed by atoms with Gasteiger partial charge < -0.3 is 10.4 Å². The Kier molecular flexibility index (Phi) is 5.47. The monoisotopic (exact) mass is 307 g/mol. The number of hydrogen-bond acceptors (Lipinski definition) is 3. The van der Waals surface area contributed by atoms with Gasteiger partial charge in [-0.25, -0.2) is 4.39 Å². The molecule has 112 valence electrons. The van der Waals surface area contributed by atoms with Gasteiger partial charge in [-0.15, -0.1) is 11.3 Å². The van der Waals surface area contributed by atoms with Crippen molar-refractivity contribution in [2.45, 2.75) is 25.8 Å². The van der Waals surface area contributed by atoms with Crippen molar-refractivity contribution in [1.82, 2.24) is 5.32 Å². The van der Waals surface area contributed by atoms with Crippen LogP contribution in [0.4, 0.5) is 4.39 Å². The number of hydrogen-bond donors (Lipinski definition) is 2. The normalized spacial score (nSPS) is 12.1. The molecule has 1 atom stereocenters. The summed E-state index contributed by atoms with van der Waals surface area (Å²) in [5.74, 6) is -0.384. The molecule has 0 spiro atoms. The molecule has 1 heterocycles. The zero-order valence-corrected chi connectivity index (χ0v) is 12.6. The van der Waals surface area contributed by atoms with E-state index in [0.717, 1.165) is 16.9 Å². The van der Waals surface area contributed by atoms with Crippen LogP contribution in [0.3, 0.4) is 0 Å². The molecule has 0 bridgehead atoms. The third-order valence-corrected chi connectivity index (χ3v) is 4.26. The highest BCUT2D eigenvalue weighted by Gasteiger charge is 2.12. The lowest BCUT2D eigenvalue weighted by molar-refractivity contribution is 0.0940. The van der Waals surface area contributed by atoms with Gasteiger partial charge in [0.15, 0.2) is 0 Å². The molecule has 0 aliphatic carbocycles. The number of rotatable bonds is 6. The third kappa shape index (κ3) is 4.37. The van der Waals surface area contributed by atoms with Crippen LogP contribution in [0.1, 0.15) is 29.4 Å². The van der Waals surface area contributed by atoms with Gasteiger partial charge in [-0.3, -0.25) is 4.79 Å². The van der Waals surface area contributed by atoms with Gasteiger partial charge in [0.1, 0.15) is 5.82 Å². The SMILES string of the molecule is CC(CCCO)NC(=O)c1ccc(-c2ccc(F)cc2)s1. The van der Waals surface area contributed by atoms with E-state index >= 15 is 0 Å². The van der Waals surface area contributed by atoms with Crippen LogP contribution in [0.25, 0.3) is 10.4 Å². The van der Waals surface area contributed by atoms with Gasteiger partial charge in [-0.2, -0.15) is 0 Å². The number of carbonyl (C=O) groups is 1. The Morgan fingerprint density at radius 2 is 2.00 bits per heavy atom. The second-order valence-corrected chi connectivity index (χ2v) is 5.99. The Morgan fingerprint density at radius 1 is 1.29 bits per heavy atom. The molecule has 0 radical (unpaired) electrons. The van der Waals surface area contributed by atoms with Gasteiger partial charge in [0.05, 0.1) is 4.88 Å². The average Bonchev–Trinajstić information content (AvgIpc) is 2.96. The van der Waals surface area contributed by atoms with Gasteiger partial charge in [0.25, 0.3) is 5.91 Å². The molecule has 5 heteroatoms. The number of nitrogens with one attached hydrogen (secondary N) is 1. The molecule has 1 unspecified atom stereocenters. The van der Waals surface area contributed by atoms with Crippen molar-refractivity contribution in [1.29, 1.82) is 0 Å². The van der Waals surface area contributed by atoms with E-state index in [0.29, 0.717) is 11.3 Å². The number of carbonyl (C=O) groups excluding carboxylic acids is 1. The quantitative estimate of drug-likeness (QED) is 0.859. The molecule has 21 heavy (non-hydrogen) atoms. The lowest BCUT2D eigenvalue weighted by Crippen LogP contribution is -2.32. The molecule has 0 saturated heterocycles. The number of halogens is 1. The Labute approximate surface area is 127 Å². The fourth-order valence-electron chi connectivity index (χ4n) is 1.99. The highest BCUT2D eigenvalue weighted by molar-refractivity contribution is 7.17. The van der Waals surface area contributed by atoms with E-state index in [1.54, 1.807) is 18.2 Å². The van der Waals surface area contributed by atoms with E-state index in [1.165, 1.54) is 23.5 Å². The summed E-state index contributed by atoms with van der Waals surface area (Å²) >= 11 is 1.38. The van der Waals surface area contributed by atoms with Crippen molar-refractivity contribution >= 4 is 17.2 Å². The molecular formula is C16H18FNO2S. The number of thiophene rings is 1. The standard InChI is InChI=1S/C16H18FNO2S/c1-11(3-2-10-19)18-16(20)15-9-8-14(21-15)12-4-6-13(17)7-5-12/h4-9,11,19H,2-3,10H2,1H3,(H,18,20). The Balaban J connectivity index is 2.02. The first kappa shape index (κ1) is 15.7. The summed E-state index contributed by atoms with van der Waals surface area (Å²) in [7, 11) is 0. The maximum absolute atomic E-state index is 12.9. The minimum absolute atomic E-state index is 0.0287. The van der Waals surface area contributed by atoms with Crippen molar-refractivity contribution < 1.29 is 14.3 Å². The summed E-state index contributed by atoms with van der Waals surface area (Å²) in [6.07, 6.45) is 1.42. The summed E-state index contributed by atoms with van der Waals surface area (Å²) in [4.78, 5) is 13.7. The lowest BCUT2D eigenvalue weighted by Gasteiger charge is -2.11. The second kappa shape index (κ2) is 7.33. The molecule has 0 fully saturated rings. The van der Waals surface area contributed by atoms with Crippen molar-refractivity contribution in [2.24, 2.45) is 0 Å². The van der Waals surface area contributed by atoms with Crippen LogP contribution >= 0.6 is 11.3 Å². The Morgan fingerprint density at radius 3 is 2.67 bits per heavy atom. The van der Waals surface area contributed by atoms with E-state index < -0.39 is 0 Å².